The average molecular weight is 732 g/mol. The number of halogens is 6. The van der Waals surface area contributed by atoms with Crippen molar-refractivity contribution < 1.29 is 40.7 Å². The molecule has 0 saturated heterocycles. The van der Waals surface area contributed by atoms with E-state index in [0.717, 1.165) is 7.14 Å². The summed E-state index contributed by atoms with van der Waals surface area (Å²) < 4.78 is 71.3. The molecule has 26 heavy (non-hydrogen) atoms. The van der Waals surface area contributed by atoms with Crippen LogP contribution >= 0.6 is 67.8 Å². The number of rotatable bonds is 7. The minimum absolute atomic E-state index is 0.251. The van der Waals surface area contributed by atoms with Crippen LogP contribution in [0.1, 0.15) is 10.4 Å². The largest absolute Gasteiger partial charge is 0.538 e. The van der Waals surface area contributed by atoms with Gasteiger partial charge in [0.2, 0.25) is 0 Å². The van der Waals surface area contributed by atoms with Crippen molar-refractivity contribution in [1.82, 2.24) is 0 Å². The SMILES string of the molecule is O=C(COC(=O)c1cc(I)cc(I)c1I)OCC[N-]S(=O)(=O)C(F)(F)F. The van der Waals surface area contributed by atoms with Gasteiger partial charge in [-0.3, -0.25) is 0 Å². The maximum atomic E-state index is 12.0. The first-order valence-corrected chi connectivity index (χ1v) is 11.0. The van der Waals surface area contributed by atoms with Crippen LogP contribution in [0.4, 0.5) is 13.2 Å². The van der Waals surface area contributed by atoms with E-state index in [2.05, 4.69) is 9.46 Å². The summed E-state index contributed by atoms with van der Waals surface area (Å²) in [5.74, 6) is -1.82. The fraction of sp³-hybridized carbons (Fsp3) is 0.333. The molecule has 1 aromatic rings. The van der Waals surface area contributed by atoms with Gasteiger partial charge in [0.25, 0.3) is 0 Å². The molecule has 0 saturated carbocycles. The number of hydrogen-bond acceptors (Lipinski definition) is 6. The topological polar surface area (TPSA) is 101 Å². The second kappa shape index (κ2) is 10.0. The molecule has 0 amide bonds. The fourth-order valence-electron chi connectivity index (χ4n) is 1.34. The molecule has 146 valence electrons. The minimum Gasteiger partial charge on any atom is -0.538 e. The van der Waals surface area contributed by atoms with Crippen molar-refractivity contribution in [2.45, 2.75) is 5.51 Å². The van der Waals surface area contributed by atoms with Crippen LogP contribution in [0.15, 0.2) is 12.1 Å². The van der Waals surface area contributed by atoms with Crippen LogP contribution in [0.2, 0.25) is 0 Å². The first-order valence-electron chi connectivity index (χ1n) is 6.32. The Kier molecular flexibility index (Phi) is 9.27. The summed E-state index contributed by atoms with van der Waals surface area (Å²) in [6, 6.07) is 3.41. The molecule has 1 aromatic carbocycles. The number of ether oxygens (including phenoxy) is 2. The van der Waals surface area contributed by atoms with Gasteiger partial charge in [-0.15, -0.1) is 6.54 Å². The normalized spacial score (nSPS) is 11.9. The molecule has 0 unspecified atom stereocenters. The Labute approximate surface area is 187 Å². The van der Waals surface area contributed by atoms with E-state index in [1.807, 2.05) is 73.8 Å². The van der Waals surface area contributed by atoms with Gasteiger partial charge in [0.05, 0.1) is 12.2 Å². The van der Waals surface area contributed by atoms with Crippen molar-refractivity contribution in [3.63, 3.8) is 0 Å². The summed E-state index contributed by atoms with van der Waals surface area (Å²) in [7, 11) is -5.62. The lowest BCUT2D eigenvalue weighted by Crippen LogP contribution is -2.24. The molecule has 0 fully saturated rings. The van der Waals surface area contributed by atoms with Gasteiger partial charge in [0, 0.05) is 10.7 Å². The van der Waals surface area contributed by atoms with Crippen molar-refractivity contribution in [2.24, 2.45) is 0 Å². The monoisotopic (exact) mass is 732 g/mol. The fourth-order valence-corrected chi connectivity index (χ4v) is 4.18. The van der Waals surface area contributed by atoms with E-state index >= 15 is 0 Å². The van der Waals surface area contributed by atoms with Gasteiger partial charge in [0.1, 0.15) is 0 Å². The molecule has 0 heterocycles. The first kappa shape index (κ1) is 24.1. The Morgan fingerprint density at radius 2 is 1.73 bits per heavy atom. The predicted octanol–water partition coefficient (Wildman–Crippen LogP) is 3.42. The van der Waals surface area contributed by atoms with E-state index in [0.29, 0.717) is 3.57 Å². The zero-order chi connectivity index (χ0) is 20.1. The van der Waals surface area contributed by atoms with Crippen molar-refractivity contribution in [2.75, 3.05) is 19.8 Å². The molecular formula is C12H8F3I3NO6S-. The lowest BCUT2D eigenvalue weighted by Gasteiger charge is -2.21. The smallest absolute Gasteiger partial charge is 0.480 e. The summed E-state index contributed by atoms with van der Waals surface area (Å²) in [4.78, 5) is 23.4. The third-order valence-electron chi connectivity index (χ3n) is 2.44. The summed E-state index contributed by atoms with van der Waals surface area (Å²) in [6.07, 6.45) is 0. The lowest BCUT2D eigenvalue weighted by atomic mass is 10.2. The Balaban J connectivity index is 2.45. The van der Waals surface area contributed by atoms with Crippen LogP contribution in [0.3, 0.4) is 0 Å². The summed E-state index contributed by atoms with van der Waals surface area (Å²) in [6.45, 7) is -2.37. The maximum Gasteiger partial charge on any atom is 0.480 e. The van der Waals surface area contributed by atoms with E-state index in [1.54, 1.807) is 6.07 Å². The number of carbonyl (C=O) groups is 2. The molecule has 0 aromatic heterocycles. The molecule has 0 atom stereocenters. The van der Waals surface area contributed by atoms with Gasteiger partial charge in [-0.2, -0.15) is 13.2 Å². The predicted molar refractivity (Wildman–Crippen MR) is 109 cm³/mol. The first-order chi connectivity index (χ1) is 11.8. The van der Waals surface area contributed by atoms with Crippen LogP contribution in [-0.2, 0) is 24.3 Å². The van der Waals surface area contributed by atoms with E-state index in [4.69, 9.17) is 4.74 Å². The van der Waals surface area contributed by atoms with E-state index in [1.165, 1.54) is 0 Å². The highest BCUT2D eigenvalue weighted by Gasteiger charge is 2.38. The van der Waals surface area contributed by atoms with Crippen LogP contribution in [-0.4, -0.2) is 45.6 Å². The Bertz CT molecular complexity index is 800. The molecule has 14 heteroatoms. The van der Waals surface area contributed by atoms with Crippen molar-refractivity contribution >= 4 is 89.7 Å². The Morgan fingerprint density at radius 3 is 2.31 bits per heavy atom. The number of alkyl halides is 3. The highest BCUT2D eigenvalue weighted by Crippen LogP contribution is 2.27. The molecule has 0 spiro atoms. The number of sulfonamides is 1. The molecule has 1 rings (SSSR count). The van der Waals surface area contributed by atoms with Crippen LogP contribution in [0.25, 0.3) is 4.72 Å². The zero-order valence-electron chi connectivity index (χ0n) is 12.3. The number of nitrogens with zero attached hydrogens (tertiary/aromatic N) is 1. The summed E-state index contributed by atoms with van der Waals surface area (Å²) >= 11 is 5.99. The van der Waals surface area contributed by atoms with E-state index in [9.17, 15) is 31.2 Å². The van der Waals surface area contributed by atoms with Gasteiger partial charge < -0.3 is 14.2 Å². The van der Waals surface area contributed by atoms with Crippen molar-refractivity contribution in [3.05, 3.63) is 33.1 Å². The molecular weight excluding hydrogens is 724 g/mol. The van der Waals surface area contributed by atoms with E-state index < -0.39 is 47.2 Å². The molecule has 0 radical (unpaired) electrons. The van der Waals surface area contributed by atoms with Gasteiger partial charge >= 0.3 is 17.4 Å². The summed E-state index contributed by atoms with van der Waals surface area (Å²) in [5, 5.41) is 0. The maximum absolute atomic E-state index is 12.0. The molecule has 0 N–H and O–H groups in total. The standard InChI is InChI=1S/C12H8F3I3NO6S/c13-12(14,15)26(22,23)19-1-2-24-9(20)5-25-11(21)7-3-6(16)4-8(17)10(7)18/h3-4H,1-2,5H2/q-1. The molecule has 0 aliphatic carbocycles. The number of carbonyl (C=O) groups excluding carboxylic acids is 2. The second-order valence-corrected chi connectivity index (χ2v) is 9.48. The highest BCUT2D eigenvalue weighted by atomic mass is 127. The molecule has 7 nitrogen and oxygen atoms in total. The van der Waals surface area contributed by atoms with Crippen LogP contribution < -0.4 is 0 Å². The summed E-state index contributed by atoms with van der Waals surface area (Å²) in [5.41, 5.74) is -5.25. The number of esters is 2. The molecule has 0 aliphatic rings. The van der Waals surface area contributed by atoms with Gasteiger partial charge in [-0.05, 0) is 79.9 Å². The number of hydrogen-bond donors (Lipinski definition) is 0. The molecule has 0 bridgehead atoms. The molecule has 0 aliphatic heterocycles. The van der Waals surface area contributed by atoms with Crippen LogP contribution in [0.5, 0.6) is 0 Å². The van der Waals surface area contributed by atoms with E-state index in [-0.39, 0.29) is 5.56 Å². The third kappa shape index (κ3) is 7.23. The van der Waals surface area contributed by atoms with Gasteiger partial charge in [-0.25, -0.2) is 18.0 Å². The minimum atomic E-state index is -5.62. The quantitative estimate of drug-likeness (QED) is 0.185. The number of benzene rings is 1. The average Bonchev–Trinajstić information content (AvgIpc) is 2.51. The van der Waals surface area contributed by atoms with Crippen molar-refractivity contribution in [3.8, 4) is 0 Å². The van der Waals surface area contributed by atoms with Gasteiger partial charge in [-0.1, -0.05) is 0 Å². The Morgan fingerprint density at radius 1 is 1.12 bits per heavy atom. The Hall–Kier alpha value is 0.0500. The zero-order valence-corrected chi connectivity index (χ0v) is 19.6. The highest BCUT2D eigenvalue weighted by molar-refractivity contribution is 14.1. The van der Waals surface area contributed by atoms with Gasteiger partial charge in [0.15, 0.2) is 16.6 Å². The van der Waals surface area contributed by atoms with Crippen LogP contribution in [0, 0.1) is 10.7 Å². The second-order valence-electron chi connectivity index (χ2n) is 4.32. The third-order valence-corrected chi connectivity index (χ3v) is 7.22. The lowest BCUT2D eigenvalue weighted by molar-refractivity contribution is -0.146. The van der Waals surface area contributed by atoms with Crippen molar-refractivity contribution in [1.29, 1.82) is 0 Å².